The van der Waals surface area contributed by atoms with Gasteiger partial charge >= 0.3 is 11.9 Å². The molecule has 0 saturated carbocycles. The third kappa shape index (κ3) is 4.42. The SMILES string of the molecule is CCOC(=O)CC#Cc1cc(OC)c(OC)cc1C(=O)O. The Hall–Kier alpha value is -2.68. The first-order valence-corrected chi connectivity index (χ1v) is 6.17. The van der Waals surface area contributed by atoms with Gasteiger partial charge < -0.3 is 19.3 Å². The molecule has 1 aromatic carbocycles. The van der Waals surface area contributed by atoms with Crippen molar-refractivity contribution in [2.45, 2.75) is 13.3 Å². The standard InChI is InChI=1S/C15H16O6/c1-4-21-14(16)7-5-6-10-8-12(19-2)13(20-3)9-11(10)15(17)18/h8-9H,4,7H2,1-3H3,(H,17,18). The quantitative estimate of drug-likeness (QED) is 0.657. The van der Waals surface area contributed by atoms with Crippen molar-refractivity contribution in [3.8, 4) is 23.3 Å². The van der Waals surface area contributed by atoms with Crippen LogP contribution in [0.2, 0.25) is 0 Å². The smallest absolute Gasteiger partial charge is 0.337 e. The summed E-state index contributed by atoms with van der Waals surface area (Å²) in [6.07, 6.45) is -0.110. The number of rotatable bonds is 5. The number of ether oxygens (including phenoxy) is 3. The average Bonchev–Trinajstić information content (AvgIpc) is 2.46. The minimum atomic E-state index is -1.14. The van der Waals surface area contributed by atoms with Gasteiger partial charge in [0.15, 0.2) is 11.5 Å². The van der Waals surface area contributed by atoms with Gasteiger partial charge in [-0.05, 0) is 13.0 Å². The van der Waals surface area contributed by atoms with E-state index in [0.29, 0.717) is 11.5 Å². The van der Waals surface area contributed by atoms with Crippen LogP contribution in [0, 0.1) is 11.8 Å². The number of aromatic carboxylic acids is 1. The van der Waals surface area contributed by atoms with Crippen LogP contribution in [0.25, 0.3) is 0 Å². The Labute approximate surface area is 122 Å². The van der Waals surface area contributed by atoms with E-state index in [9.17, 15) is 14.7 Å². The normalized spacial score (nSPS) is 9.29. The number of hydrogen-bond acceptors (Lipinski definition) is 5. The third-order valence-electron chi connectivity index (χ3n) is 2.52. The molecule has 0 spiro atoms. The number of esters is 1. The van der Waals surface area contributed by atoms with Crippen LogP contribution in [-0.4, -0.2) is 37.9 Å². The van der Waals surface area contributed by atoms with Gasteiger partial charge in [-0.15, -0.1) is 0 Å². The molecule has 0 amide bonds. The number of benzene rings is 1. The summed E-state index contributed by atoms with van der Waals surface area (Å²) in [5.74, 6) is 4.29. The van der Waals surface area contributed by atoms with E-state index >= 15 is 0 Å². The molecule has 0 aromatic heterocycles. The fourth-order valence-corrected chi connectivity index (χ4v) is 1.58. The fourth-order valence-electron chi connectivity index (χ4n) is 1.58. The summed E-state index contributed by atoms with van der Waals surface area (Å²) in [4.78, 5) is 22.4. The first-order valence-electron chi connectivity index (χ1n) is 6.17. The lowest BCUT2D eigenvalue weighted by Crippen LogP contribution is -2.03. The largest absolute Gasteiger partial charge is 0.493 e. The molecule has 1 rings (SSSR count). The zero-order valence-corrected chi connectivity index (χ0v) is 12.1. The van der Waals surface area contributed by atoms with E-state index in [0.717, 1.165) is 0 Å². The van der Waals surface area contributed by atoms with E-state index in [1.165, 1.54) is 26.4 Å². The summed E-state index contributed by atoms with van der Waals surface area (Å²) in [6, 6.07) is 2.79. The second-order valence-electron chi connectivity index (χ2n) is 3.84. The van der Waals surface area contributed by atoms with Gasteiger partial charge in [-0.25, -0.2) is 4.79 Å². The topological polar surface area (TPSA) is 82.1 Å². The Bertz CT molecular complexity index is 594. The summed E-state index contributed by atoms with van der Waals surface area (Å²) < 4.78 is 14.9. The zero-order chi connectivity index (χ0) is 15.8. The molecule has 0 unspecified atom stereocenters. The molecule has 0 atom stereocenters. The van der Waals surface area contributed by atoms with Crippen LogP contribution in [0.4, 0.5) is 0 Å². The lowest BCUT2D eigenvalue weighted by molar-refractivity contribution is -0.141. The highest BCUT2D eigenvalue weighted by molar-refractivity contribution is 5.92. The number of methoxy groups -OCH3 is 2. The van der Waals surface area contributed by atoms with Gasteiger partial charge in [0.25, 0.3) is 0 Å². The average molecular weight is 292 g/mol. The molecule has 0 aliphatic carbocycles. The second kappa shape index (κ2) is 7.80. The van der Waals surface area contributed by atoms with Crippen LogP contribution >= 0.6 is 0 Å². The fraction of sp³-hybridized carbons (Fsp3) is 0.333. The Morgan fingerprint density at radius 2 is 1.81 bits per heavy atom. The van der Waals surface area contributed by atoms with Crippen LogP contribution in [-0.2, 0) is 9.53 Å². The maximum absolute atomic E-state index is 11.2. The van der Waals surface area contributed by atoms with E-state index in [-0.39, 0.29) is 24.2 Å². The van der Waals surface area contributed by atoms with Crippen molar-refractivity contribution in [3.05, 3.63) is 23.3 Å². The third-order valence-corrected chi connectivity index (χ3v) is 2.52. The Kier molecular flexibility index (Phi) is 6.08. The number of carbonyl (C=O) groups is 2. The first kappa shape index (κ1) is 16.4. The minimum absolute atomic E-state index is 0.0241. The summed E-state index contributed by atoms with van der Waals surface area (Å²) in [7, 11) is 2.85. The molecule has 21 heavy (non-hydrogen) atoms. The number of carboxylic acids is 1. The van der Waals surface area contributed by atoms with Crippen LogP contribution < -0.4 is 9.47 Å². The van der Waals surface area contributed by atoms with E-state index in [1.807, 2.05) is 0 Å². The van der Waals surface area contributed by atoms with E-state index in [2.05, 4.69) is 11.8 Å². The molecule has 6 heteroatoms. The molecule has 1 N–H and O–H groups in total. The highest BCUT2D eigenvalue weighted by atomic mass is 16.5. The first-order chi connectivity index (χ1) is 10.0. The molecule has 0 aliphatic heterocycles. The molecule has 6 nitrogen and oxygen atoms in total. The summed E-state index contributed by atoms with van der Waals surface area (Å²) >= 11 is 0. The van der Waals surface area contributed by atoms with Crippen molar-refractivity contribution in [1.82, 2.24) is 0 Å². The van der Waals surface area contributed by atoms with Gasteiger partial charge in [-0.3, -0.25) is 4.79 Å². The van der Waals surface area contributed by atoms with Gasteiger partial charge in [-0.1, -0.05) is 11.8 Å². The Balaban J connectivity index is 3.13. The van der Waals surface area contributed by atoms with Crippen molar-refractivity contribution < 1.29 is 28.9 Å². The van der Waals surface area contributed by atoms with Crippen molar-refractivity contribution in [1.29, 1.82) is 0 Å². The number of carboxylic acid groups (broad SMARTS) is 1. The predicted octanol–water partition coefficient (Wildman–Crippen LogP) is 1.71. The van der Waals surface area contributed by atoms with Gasteiger partial charge in [0.05, 0.1) is 26.4 Å². The second-order valence-corrected chi connectivity index (χ2v) is 3.84. The number of carbonyl (C=O) groups excluding carboxylic acids is 1. The van der Waals surface area contributed by atoms with Gasteiger partial charge in [0.2, 0.25) is 0 Å². The van der Waals surface area contributed by atoms with Crippen LogP contribution in [0.5, 0.6) is 11.5 Å². The van der Waals surface area contributed by atoms with Crippen molar-refractivity contribution in [2.75, 3.05) is 20.8 Å². The maximum Gasteiger partial charge on any atom is 0.337 e. The monoisotopic (exact) mass is 292 g/mol. The van der Waals surface area contributed by atoms with E-state index in [1.54, 1.807) is 6.92 Å². The molecule has 0 saturated heterocycles. The summed E-state index contributed by atoms with van der Waals surface area (Å²) in [5.41, 5.74) is 0.216. The van der Waals surface area contributed by atoms with E-state index in [4.69, 9.17) is 14.2 Å². The molecular weight excluding hydrogens is 276 g/mol. The maximum atomic E-state index is 11.2. The van der Waals surface area contributed by atoms with Crippen molar-refractivity contribution in [2.24, 2.45) is 0 Å². The predicted molar refractivity (Wildman–Crippen MR) is 74.6 cm³/mol. The number of hydrogen-bond donors (Lipinski definition) is 1. The van der Waals surface area contributed by atoms with Crippen molar-refractivity contribution >= 4 is 11.9 Å². The highest BCUT2D eigenvalue weighted by Crippen LogP contribution is 2.30. The molecule has 1 aromatic rings. The lowest BCUT2D eigenvalue weighted by atomic mass is 10.1. The van der Waals surface area contributed by atoms with Crippen LogP contribution in [0.3, 0.4) is 0 Å². The van der Waals surface area contributed by atoms with E-state index < -0.39 is 11.9 Å². The molecule has 0 fully saturated rings. The molecule has 0 bridgehead atoms. The molecule has 0 heterocycles. The lowest BCUT2D eigenvalue weighted by Gasteiger charge is -2.09. The summed E-state index contributed by atoms with van der Waals surface area (Å²) in [6.45, 7) is 1.97. The highest BCUT2D eigenvalue weighted by Gasteiger charge is 2.15. The van der Waals surface area contributed by atoms with Crippen LogP contribution in [0.15, 0.2) is 12.1 Å². The van der Waals surface area contributed by atoms with Crippen LogP contribution in [0.1, 0.15) is 29.3 Å². The summed E-state index contributed by atoms with van der Waals surface area (Å²) in [5, 5.41) is 9.19. The molecule has 112 valence electrons. The zero-order valence-electron chi connectivity index (χ0n) is 12.1. The molecular formula is C15H16O6. The minimum Gasteiger partial charge on any atom is -0.493 e. The van der Waals surface area contributed by atoms with Gasteiger partial charge in [0, 0.05) is 11.6 Å². The van der Waals surface area contributed by atoms with Crippen molar-refractivity contribution in [3.63, 3.8) is 0 Å². The molecule has 0 radical (unpaired) electrons. The van der Waals surface area contributed by atoms with Gasteiger partial charge in [0.1, 0.15) is 6.42 Å². The Morgan fingerprint density at radius 3 is 2.33 bits per heavy atom. The molecule has 0 aliphatic rings. The Morgan fingerprint density at radius 1 is 1.19 bits per heavy atom. The van der Waals surface area contributed by atoms with Gasteiger partial charge in [-0.2, -0.15) is 0 Å².